The molecule has 1 unspecified atom stereocenters. The molecule has 104 valence electrons. The van der Waals surface area contributed by atoms with Crippen molar-refractivity contribution < 1.29 is 24.3 Å². The fourth-order valence-corrected chi connectivity index (χ4v) is 1.91. The number of amides is 3. The van der Waals surface area contributed by atoms with Gasteiger partial charge in [-0.15, -0.1) is 0 Å². The fraction of sp³-hybridized carbons (Fsp3) is 0.231. The standard InChI is InChI=1S/C13H12N2O5/c1-7-11(17)14-10(16)6-15(7)12(18)8-3-2-4-9(5-8)13(19)20/h2-5,7H,6H2,1H3,(H,19,20)(H,14,16,17). The predicted octanol–water partition coefficient (Wildman–Crippen LogP) is -0.128. The number of piperazine rings is 1. The molecule has 1 aliphatic rings. The lowest BCUT2D eigenvalue weighted by atomic mass is 10.1. The Labute approximate surface area is 114 Å². The maximum atomic E-state index is 12.3. The second-order valence-electron chi connectivity index (χ2n) is 4.41. The first-order valence-electron chi connectivity index (χ1n) is 5.88. The summed E-state index contributed by atoms with van der Waals surface area (Å²) in [5.41, 5.74) is 0.0931. The smallest absolute Gasteiger partial charge is 0.335 e. The Bertz CT molecular complexity index is 611. The van der Waals surface area contributed by atoms with E-state index in [1.165, 1.54) is 31.2 Å². The minimum atomic E-state index is -1.15. The molecule has 0 aromatic heterocycles. The zero-order valence-corrected chi connectivity index (χ0v) is 10.6. The highest BCUT2D eigenvalue weighted by Gasteiger charge is 2.34. The van der Waals surface area contributed by atoms with Crippen LogP contribution in [0, 0.1) is 0 Å². The number of hydrogen-bond acceptors (Lipinski definition) is 4. The minimum absolute atomic E-state index is 0.0312. The van der Waals surface area contributed by atoms with Crippen LogP contribution in [-0.4, -0.2) is 46.3 Å². The molecule has 3 amide bonds. The maximum absolute atomic E-state index is 12.3. The molecule has 2 N–H and O–H groups in total. The SMILES string of the molecule is CC1C(=O)NC(=O)CN1C(=O)c1cccc(C(=O)O)c1. The number of aromatic carboxylic acids is 1. The summed E-state index contributed by atoms with van der Waals surface area (Å²) in [6, 6.07) is 4.67. The van der Waals surface area contributed by atoms with Crippen LogP contribution in [0.5, 0.6) is 0 Å². The average Bonchev–Trinajstić information content (AvgIpc) is 2.42. The van der Waals surface area contributed by atoms with Gasteiger partial charge in [-0.1, -0.05) is 6.07 Å². The van der Waals surface area contributed by atoms with Gasteiger partial charge in [-0.05, 0) is 25.1 Å². The van der Waals surface area contributed by atoms with Crippen LogP contribution in [0.3, 0.4) is 0 Å². The molecule has 1 saturated heterocycles. The Balaban J connectivity index is 2.30. The number of imide groups is 1. The van der Waals surface area contributed by atoms with Gasteiger partial charge in [0.1, 0.15) is 12.6 Å². The summed E-state index contributed by atoms with van der Waals surface area (Å²) in [6.07, 6.45) is 0. The van der Waals surface area contributed by atoms with E-state index in [0.717, 1.165) is 4.90 Å². The largest absolute Gasteiger partial charge is 0.478 e. The topological polar surface area (TPSA) is 104 Å². The lowest BCUT2D eigenvalue weighted by Gasteiger charge is -2.31. The number of carboxylic acids is 1. The van der Waals surface area contributed by atoms with Gasteiger partial charge < -0.3 is 10.0 Å². The predicted molar refractivity (Wildman–Crippen MR) is 67.0 cm³/mol. The van der Waals surface area contributed by atoms with Gasteiger partial charge in [0.2, 0.25) is 11.8 Å². The molecular formula is C13H12N2O5. The first-order valence-corrected chi connectivity index (χ1v) is 5.88. The molecule has 7 heteroatoms. The number of rotatable bonds is 2. The molecule has 0 spiro atoms. The Morgan fingerprint density at radius 1 is 1.30 bits per heavy atom. The summed E-state index contributed by atoms with van der Waals surface area (Å²) >= 11 is 0. The second kappa shape index (κ2) is 5.12. The number of nitrogens with one attached hydrogen (secondary N) is 1. The summed E-state index contributed by atoms with van der Waals surface area (Å²) in [4.78, 5) is 47.1. The van der Waals surface area contributed by atoms with Gasteiger partial charge in [-0.3, -0.25) is 19.7 Å². The van der Waals surface area contributed by atoms with Crippen LogP contribution >= 0.6 is 0 Å². The number of carbonyl (C=O) groups excluding carboxylic acids is 3. The molecule has 0 aliphatic carbocycles. The fourth-order valence-electron chi connectivity index (χ4n) is 1.91. The summed E-state index contributed by atoms with van der Waals surface area (Å²) < 4.78 is 0. The Morgan fingerprint density at radius 3 is 2.60 bits per heavy atom. The third-order valence-electron chi connectivity index (χ3n) is 3.04. The molecule has 0 radical (unpaired) electrons. The van der Waals surface area contributed by atoms with Crippen molar-refractivity contribution >= 4 is 23.7 Å². The molecule has 1 fully saturated rings. The third kappa shape index (κ3) is 2.51. The van der Waals surface area contributed by atoms with Crippen molar-refractivity contribution in [2.45, 2.75) is 13.0 Å². The zero-order chi connectivity index (χ0) is 14.9. The van der Waals surface area contributed by atoms with Crippen molar-refractivity contribution in [3.05, 3.63) is 35.4 Å². The van der Waals surface area contributed by atoms with Crippen molar-refractivity contribution in [3.63, 3.8) is 0 Å². The number of carboxylic acid groups (broad SMARTS) is 1. The quantitative estimate of drug-likeness (QED) is 0.732. The Hall–Kier alpha value is -2.70. The van der Waals surface area contributed by atoms with Crippen LogP contribution in [0.4, 0.5) is 0 Å². The molecular weight excluding hydrogens is 264 g/mol. The van der Waals surface area contributed by atoms with Crippen LogP contribution < -0.4 is 5.32 Å². The highest BCUT2D eigenvalue weighted by molar-refractivity contribution is 6.07. The Morgan fingerprint density at radius 2 is 1.95 bits per heavy atom. The molecule has 7 nitrogen and oxygen atoms in total. The van der Waals surface area contributed by atoms with Crippen LogP contribution in [-0.2, 0) is 9.59 Å². The summed E-state index contributed by atoms with van der Waals surface area (Å²) in [7, 11) is 0. The highest BCUT2D eigenvalue weighted by atomic mass is 16.4. The van der Waals surface area contributed by atoms with Gasteiger partial charge in [-0.2, -0.15) is 0 Å². The van der Waals surface area contributed by atoms with E-state index in [1.54, 1.807) is 0 Å². The van der Waals surface area contributed by atoms with E-state index in [0.29, 0.717) is 0 Å². The molecule has 1 aromatic rings. The van der Waals surface area contributed by atoms with E-state index in [9.17, 15) is 19.2 Å². The molecule has 0 saturated carbocycles. The minimum Gasteiger partial charge on any atom is -0.478 e. The third-order valence-corrected chi connectivity index (χ3v) is 3.04. The van der Waals surface area contributed by atoms with Crippen molar-refractivity contribution in [2.75, 3.05) is 6.54 Å². The van der Waals surface area contributed by atoms with Crippen LogP contribution in [0.1, 0.15) is 27.6 Å². The van der Waals surface area contributed by atoms with E-state index in [-0.39, 0.29) is 17.7 Å². The van der Waals surface area contributed by atoms with E-state index >= 15 is 0 Å². The Kier molecular flexibility index (Phi) is 3.51. The van der Waals surface area contributed by atoms with Gasteiger partial charge in [-0.25, -0.2) is 4.79 Å². The van der Waals surface area contributed by atoms with E-state index in [1.807, 2.05) is 0 Å². The zero-order valence-electron chi connectivity index (χ0n) is 10.6. The van der Waals surface area contributed by atoms with E-state index < -0.39 is 29.7 Å². The first kappa shape index (κ1) is 13.7. The molecule has 1 aliphatic heterocycles. The second-order valence-corrected chi connectivity index (χ2v) is 4.41. The van der Waals surface area contributed by atoms with Crippen LogP contribution in [0.25, 0.3) is 0 Å². The average molecular weight is 276 g/mol. The van der Waals surface area contributed by atoms with Gasteiger partial charge in [0.25, 0.3) is 5.91 Å². The lowest BCUT2D eigenvalue weighted by molar-refractivity contribution is -0.138. The van der Waals surface area contributed by atoms with Gasteiger partial charge >= 0.3 is 5.97 Å². The van der Waals surface area contributed by atoms with Crippen molar-refractivity contribution in [3.8, 4) is 0 Å². The molecule has 20 heavy (non-hydrogen) atoms. The molecule has 2 rings (SSSR count). The maximum Gasteiger partial charge on any atom is 0.335 e. The number of carbonyl (C=O) groups is 4. The molecule has 1 atom stereocenters. The van der Waals surface area contributed by atoms with Crippen LogP contribution in [0.15, 0.2) is 24.3 Å². The van der Waals surface area contributed by atoms with Crippen molar-refractivity contribution in [1.29, 1.82) is 0 Å². The van der Waals surface area contributed by atoms with Gasteiger partial charge in [0.05, 0.1) is 5.56 Å². The first-order chi connectivity index (χ1) is 9.40. The summed E-state index contributed by atoms with van der Waals surface area (Å²) in [6.45, 7) is 1.27. The summed E-state index contributed by atoms with van der Waals surface area (Å²) in [5.74, 6) is -2.82. The molecule has 0 bridgehead atoms. The van der Waals surface area contributed by atoms with E-state index in [2.05, 4.69) is 5.32 Å². The van der Waals surface area contributed by atoms with Crippen molar-refractivity contribution in [2.24, 2.45) is 0 Å². The van der Waals surface area contributed by atoms with Crippen molar-refractivity contribution in [1.82, 2.24) is 10.2 Å². The van der Waals surface area contributed by atoms with E-state index in [4.69, 9.17) is 5.11 Å². The molecule has 1 aromatic carbocycles. The number of hydrogen-bond donors (Lipinski definition) is 2. The number of nitrogens with zero attached hydrogens (tertiary/aromatic N) is 1. The molecule has 1 heterocycles. The van der Waals surface area contributed by atoms with Gasteiger partial charge in [0.15, 0.2) is 0 Å². The highest BCUT2D eigenvalue weighted by Crippen LogP contribution is 2.13. The van der Waals surface area contributed by atoms with Gasteiger partial charge in [0, 0.05) is 5.56 Å². The van der Waals surface area contributed by atoms with Crippen LogP contribution in [0.2, 0.25) is 0 Å². The normalized spacial score (nSPS) is 18.6. The number of benzene rings is 1. The lowest BCUT2D eigenvalue weighted by Crippen LogP contribution is -2.58. The summed E-state index contributed by atoms with van der Waals surface area (Å²) in [5, 5.41) is 11.0. The monoisotopic (exact) mass is 276 g/mol.